The van der Waals surface area contributed by atoms with Crippen molar-refractivity contribution in [2.45, 2.75) is 265 Å². The number of aliphatic hydroxyl groups excluding tert-OH is 1. The van der Waals surface area contributed by atoms with Gasteiger partial charge in [0.1, 0.15) is 0 Å². The number of carbonyl (C=O) groups is 2. The summed E-state index contributed by atoms with van der Waals surface area (Å²) < 4.78 is 8.74. The zero-order valence-electron chi connectivity index (χ0n) is 72.9. The van der Waals surface area contributed by atoms with Gasteiger partial charge >= 0.3 is 29.0 Å². The van der Waals surface area contributed by atoms with Gasteiger partial charge in [-0.1, -0.05) is 482 Å². The van der Waals surface area contributed by atoms with Crippen LogP contribution >= 0.6 is 16.1 Å². The molecule has 12 aromatic rings. The molecule has 0 aliphatic heterocycles. The summed E-state index contributed by atoms with van der Waals surface area (Å²) in [6.07, 6.45) is 40.7. The zero-order valence-corrected chi connectivity index (χ0v) is 74.9. The molecule has 8 heteroatoms. The van der Waals surface area contributed by atoms with Crippen LogP contribution in [0.3, 0.4) is 0 Å². The molecule has 6 nitrogen and oxygen atoms in total. The first-order valence-electron chi connectivity index (χ1n) is 44.6. The average molecular weight is 1640 g/mol. The largest absolute Gasteiger partial charge is 2.00 e. The van der Waals surface area contributed by atoms with Crippen LogP contribution in [0.15, 0.2) is 267 Å². The van der Waals surface area contributed by atoms with Crippen molar-refractivity contribution in [3.05, 3.63) is 294 Å². The second-order valence-electron chi connectivity index (χ2n) is 31.5. The second kappa shape index (κ2) is 56.4. The Morgan fingerprint density at radius 2 is 0.641 bits per heavy atom. The molecule has 12 rings (SSSR count). The number of esters is 1. The summed E-state index contributed by atoms with van der Waals surface area (Å²) in [6.45, 7) is 12.2. The molecule has 0 amide bonds. The fourth-order valence-electron chi connectivity index (χ4n) is 16.2. The Bertz CT molecular complexity index is 4740. The number of rotatable bonds is 43. The minimum Gasteiger partial charge on any atom is -1.00 e. The number of fused-ring (bicyclic) bond motifs is 4. The maximum Gasteiger partial charge on any atom is 2.00 e. The summed E-state index contributed by atoms with van der Waals surface area (Å²) in [7, 11) is 1.40. The molecule has 0 aromatic heterocycles. The maximum atomic E-state index is 12.9. The number of methoxy groups -OCH3 is 1. The summed E-state index contributed by atoms with van der Waals surface area (Å²) in [5.41, 5.74) is 11.8. The Morgan fingerprint density at radius 3 is 1.07 bits per heavy atom. The fourth-order valence-corrected chi connectivity index (χ4v) is 16.4. The normalized spacial score (nSPS) is 11.3. The van der Waals surface area contributed by atoms with Crippen molar-refractivity contribution in [1.82, 2.24) is 0 Å². The third-order valence-corrected chi connectivity index (χ3v) is 23.1. The second-order valence-corrected chi connectivity index (χ2v) is 32.0. The molecule has 0 saturated heterocycles. The topological polar surface area (TPSA) is 97.9 Å². The molecular weight excluding hydrogens is 1510 g/mol. The van der Waals surface area contributed by atoms with Crippen molar-refractivity contribution >= 4 is 94.0 Å². The molecule has 0 aliphatic carbocycles. The number of benzene rings is 12. The summed E-state index contributed by atoms with van der Waals surface area (Å²) in [6, 6.07) is 91.6. The van der Waals surface area contributed by atoms with Gasteiger partial charge in [0.25, 0.3) is 0 Å². The van der Waals surface area contributed by atoms with Crippen molar-refractivity contribution in [3.8, 4) is 44.5 Å². The van der Waals surface area contributed by atoms with Gasteiger partial charge in [0.15, 0.2) is 5.78 Å². The number of ether oxygens (including phenoxy) is 1. The van der Waals surface area contributed by atoms with E-state index in [0.29, 0.717) is 12.0 Å². The van der Waals surface area contributed by atoms with E-state index in [-0.39, 0.29) is 36.2 Å². The summed E-state index contributed by atoms with van der Waals surface area (Å²) in [5.74, 6) is -0.0439. The minimum atomic E-state index is -0.761. The average Bonchev–Trinajstić information content (AvgIpc) is 0.805. The summed E-state index contributed by atoms with van der Waals surface area (Å²) >= 11 is 3.06. The smallest absolute Gasteiger partial charge is 1.00 e. The molecule has 0 aliphatic rings. The zero-order chi connectivity index (χ0) is 82.1. The van der Waals surface area contributed by atoms with Crippen molar-refractivity contribution in [2.75, 3.05) is 13.7 Å². The van der Waals surface area contributed by atoms with E-state index in [9.17, 15) is 19.8 Å². The third-order valence-electron chi connectivity index (χ3n) is 22.7. The van der Waals surface area contributed by atoms with Gasteiger partial charge in [0, 0.05) is 12.0 Å². The third kappa shape index (κ3) is 31.2. The molecule has 0 saturated carbocycles. The molecule has 0 fully saturated rings. The number of nitrogens with zero attached hydrogens (tertiary/aromatic N) is 1. The number of halogens is 1. The number of Topliss-reactive ketones (excluding diaryl/α,β-unsaturated/α-hetero) is 1. The van der Waals surface area contributed by atoms with Gasteiger partial charge in [0.2, 0.25) is 0 Å². The van der Waals surface area contributed by atoms with Crippen molar-refractivity contribution < 1.29 is 26.0 Å². The molecule has 0 spiro atoms. The van der Waals surface area contributed by atoms with Gasteiger partial charge in [0.05, 0.1) is 24.4 Å². The van der Waals surface area contributed by atoms with Gasteiger partial charge in [-0.25, -0.2) is 20.9 Å². The van der Waals surface area contributed by atoms with Crippen LogP contribution in [0.2, 0.25) is 0 Å². The van der Waals surface area contributed by atoms with Crippen LogP contribution in [0, 0.1) is 0 Å². The Hall–Kier alpha value is -8.05. The number of aliphatic hydroxyl groups is 2. The van der Waals surface area contributed by atoms with Crippen LogP contribution in [0.4, 0.5) is 0 Å². The molecule has 0 heterocycles. The Balaban J connectivity index is 0.000000236. The van der Waals surface area contributed by atoms with Crippen LogP contribution in [0.1, 0.15) is 292 Å². The van der Waals surface area contributed by atoms with Gasteiger partial charge in [-0.3, -0.25) is 4.79 Å². The molecule has 616 valence electrons. The Morgan fingerprint density at radius 1 is 0.342 bits per heavy atom. The minimum absolute atomic E-state index is 0. The van der Waals surface area contributed by atoms with E-state index in [1.54, 1.807) is 6.07 Å². The standard InChI is InChI=1S/C33H46O.C25H30O.C25H28O.C18H14O2.C8H17BrN.Mg.H/c1-3-5-7-9-11-17-26-33(34,27-18-12-10-8-6-4-2)32-25-16-15-23-31(32)30-24-19-21-28-20-13-14-22-29(28)30;2*1-2-3-4-5-6-7-19-25(26)24-17-11-10-16-23(24)22-18-12-14-20-13-8-9-15-21(20)22;1-20-18(19)17-11-5-4-10-16(17)15-12-6-8-13-7-2-3-9-14(13)15;1-2-3-4-5-6-7-8-10-9;;/h13-16,19-25,34H,3-12,17-18,26-27H2,1-2H3;8-18,25-26H,2-7,19H2,1H3;8-18H,2-7,19H2,1H3;2-12H,1H3;2-8H2,1H3;;/q;;;;-1;+2;-1. The van der Waals surface area contributed by atoms with Crippen LogP contribution in [-0.2, 0) is 10.3 Å². The molecule has 1 atom stereocenters. The van der Waals surface area contributed by atoms with Crippen LogP contribution in [0.5, 0.6) is 0 Å². The van der Waals surface area contributed by atoms with Gasteiger partial charge in [-0.15, -0.1) is 6.54 Å². The molecule has 117 heavy (non-hydrogen) atoms. The van der Waals surface area contributed by atoms with E-state index in [2.05, 4.69) is 249 Å². The Labute approximate surface area is 730 Å². The predicted molar refractivity (Wildman–Crippen MR) is 511 cm³/mol. The number of hydrogen-bond donors (Lipinski definition) is 2. The van der Waals surface area contributed by atoms with E-state index in [4.69, 9.17) is 4.74 Å². The van der Waals surface area contributed by atoms with E-state index in [1.807, 2.05) is 66.7 Å². The quantitative estimate of drug-likeness (QED) is 0.0172. The molecule has 0 radical (unpaired) electrons. The molecule has 12 aromatic carbocycles. The number of carbonyl (C=O) groups excluding carboxylic acids is 2. The van der Waals surface area contributed by atoms with Crippen molar-refractivity contribution in [1.29, 1.82) is 0 Å². The van der Waals surface area contributed by atoms with Gasteiger partial charge in [-0.05, 0) is 130 Å². The van der Waals surface area contributed by atoms with Crippen molar-refractivity contribution in [3.63, 3.8) is 0 Å². The molecular formula is C109H136BrMgNO5. The first-order chi connectivity index (χ1) is 57.0. The van der Waals surface area contributed by atoms with Crippen LogP contribution < -0.4 is 0 Å². The number of ketones is 1. The first-order valence-corrected chi connectivity index (χ1v) is 45.3. The summed E-state index contributed by atoms with van der Waals surface area (Å²) in [4.78, 5) is 24.8. The molecule has 1 unspecified atom stereocenters. The van der Waals surface area contributed by atoms with E-state index < -0.39 is 11.7 Å². The molecule has 2 N–H and O–H groups in total. The maximum absolute atomic E-state index is 12.9. The van der Waals surface area contributed by atoms with Gasteiger partial charge in [-0.2, -0.15) is 0 Å². The number of hydrogen-bond acceptors (Lipinski definition) is 5. The Kier molecular flexibility index (Phi) is 46.3. The predicted octanol–water partition coefficient (Wildman–Crippen LogP) is 33.0. The number of unbranched alkanes of at least 4 members (excludes halogenated alkanes) is 25. The monoisotopic (exact) mass is 1640 g/mol. The molecule has 0 bridgehead atoms. The van der Waals surface area contributed by atoms with Crippen molar-refractivity contribution in [2.24, 2.45) is 0 Å². The van der Waals surface area contributed by atoms with E-state index in [1.165, 1.54) is 217 Å². The van der Waals surface area contributed by atoms with E-state index >= 15 is 0 Å². The summed E-state index contributed by atoms with van der Waals surface area (Å²) in [5, 5.41) is 32.7. The van der Waals surface area contributed by atoms with Gasteiger partial charge < -0.3 is 20.7 Å². The SMILES string of the molecule is CCCCCCCCC(=O)c1ccccc1-c1cccc2ccccc12.CCCCCCCCC(O)(CCCCCCCC)c1ccccc1-c1cccc2ccccc12.CCCCCCCCC(O)c1ccccc1-c1cccc2ccccc12.CCCCCCCC[N-]Br.COC(=O)c1ccccc1-c1cccc2ccccc12.[H-].[Mg+2]. The van der Waals surface area contributed by atoms with E-state index in [0.717, 1.165) is 113 Å². The first kappa shape index (κ1) is 96.1. The van der Waals surface area contributed by atoms with Crippen LogP contribution in [0.25, 0.3) is 91.9 Å². The fraction of sp³-hybridized carbons (Fsp3) is 0.394. The van der Waals surface area contributed by atoms with Crippen LogP contribution in [-0.4, -0.2) is 58.7 Å².